The second-order valence-electron chi connectivity index (χ2n) is 4.85. The molecule has 0 heterocycles. The molecule has 4 nitrogen and oxygen atoms in total. The lowest BCUT2D eigenvalue weighted by Gasteiger charge is -2.12. The highest BCUT2D eigenvalue weighted by Crippen LogP contribution is 2.38. The number of phenols is 1. The summed E-state index contributed by atoms with van der Waals surface area (Å²) in [5, 5.41) is 14.7. The van der Waals surface area contributed by atoms with Crippen LogP contribution in [0.25, 0.3) is 10.8 Å². The van der Waals surface area contributed by atoms with Crippen LogP contribution in [0.15, 0.2) is 60.7 Å². The number of nitrogens with one attached hydrogen (secondary N) is 1. The van der Waals surface area contributed by atoms with Gasteiger partial charge in [-0.3, -0.25) is 4.79 Å². The molecule has 0 aromatic heterocycles. The van der Waals surface area contributed by atoms with E-state index in [1.807, 2.05) is 42.5 Å². The minimum atomic E-state index is -0.382. The van der Waals surface area contributed by atoms with Gasteiger partial charge in [-0.05, 0) is 23.6 Å². The van der Waals surface area contributed by atoms with Gasteiger partial charge in [-0.25, -0.2) is 0 Å². The molecule has 0 aliphatic rings. The summed E-state index contributed by atoms with van der Waals surface area (Å²) >= 11 is 0. The molecule has 0 saturated heterocycles. The lowest BCUT2D eigenvalue weighted by molar-refractivity contribution is 0.102. The van der Waals surface area contributed by atoms with Gasteiger partial charge in [-0.1, -0.05) is 42.5 Å². The van der Waals surface area contributed by atoms with Crippen LogP contribution in [-0.4, -0.2) is 18.1 Å². The first-order valence-electron chi connectivity index (χ1n) is 6.86. The van der Waals surface area contributed by atoms with Crippen LogP contribution in [0.2, 0.25) is 0 Å². The van der Waals surface area contributed by atoms with Gasteiger partial charge in [0.25, 0.3) is 5.91 Å². The average Bonchev–Trinajstić information content (AvgIpc) is 2.55. The van der Waals surface area contributed by atoms with E-state index in [4.69, 9.17) is 4.74 Å². The fourth-order valence-electron chi connectivity index (χ4n) is 2.40. The van der Waals surface area contributed by atoms with Crippen molar-refractivity contribution in [3.8, 4) is 11.5 Å². The van der Waals surface area contributed by atoms with Gasteiger partial charge in [-0.15, -0.1) is 0 Å². The van der Waals surface area contributed by atoms with Gasteiger partial charge in [0, 0.05) is 11.1 Å². The first-order chi connectivity index (χ1) is 10.7. The highest BCUT2D eigenvalue weighted by atomic mass is 16.5. The average molecular weight is 293 g/mol. The molecule has 0 fully saturated rings. The van der Waals surface area contributed by atoms with Crippen LogP contribution in [0.1, 0.15) is 10.4 Å². The van der Waals surface area contributed by atoms with E-state index in [1.54, 1.807) is 18.2 Å². The summed E-state index contributed by atoms with van der Waals surface area (Å²) in [7, 11) is 1.47. The van der Waals surface area contributed by atoms with E-state index >= 15 is 0 Å². The number of fused-ring (bicyclic) bond motifs is 1. The summed E-state index contributed by atoms with van der Waals surface area (Å²) in [5.41, 5.74) is 0.846. The monoisotopic (exact) mass is 293 g/mol. The fraction of sp³-hybridized carbons (Fsp3) is 0.0556. The molecular formula is C18H15NO3. The number of carbonyl (C=O) groups is 1. The molecule has 1 amide bonds. The number of aromatic hydroxyl groups is 1. The summed E-state index contributed by atoms with van der Waals surface area (Å²) in [6, 6.07) is 18.2. The zero-order valence-corrected chi connectivity index (χ0v) is 12.0. The van der Waals surface area contributed by atoms with Crippen molar-refractivity contribution in [2.24, 2.45) is 0 Å². The van der Waals surface area contributed by atoms with Gasteiger partial charge in [0.15, 0.2) is 11.5 Å². The van der Waals surface area contributed by atoms with Crippen LogP contribution in [-0.2, 0) is 0 Å². The van der Waals surface area contributed by atoms with Crippen LogP contribution in [0, 0.1) is 0 Å². The number of anilines is 1. The summed E-state index contributed by atoms with van der Waals surface area (Å²) in [6.45, 7) is 0. The van der Waals surface area contributed by atoms with Gasteiger partial charge < -0.3 is 15.2 Å². The minimum absolute atomic E-state index is 0.158. The predicted molar refractivity (Wildman–Crippen MR) is 86.6 cm³/mol. The molecule has 3 aromatic rings. The van der Waals surface area contributed by atoms with Crippen molar-refractivity contribution in [2.45, 2.75) is 0 Å². The number of phenolic OH excluding ortho intramolecular Hbond substituents is 1. The van der Waals surface area contributed by atoms with Crippen molar-refractivity contribution >= 4 is 22.4 Å². The highest BCUT2D eigenvalue weighted by molar-refractivity contribution is 6.10. The molecule has 0 atom stereocenters. The van der Waals surface area contributed by atoms with E-state index in [0.29, 0.717) is 11.4 Å². The van der Waals surface area contributed by atoms with Crippen molar-refractivity contribution in [3.05, 3.63) is 66.2 Å². The molecule has 4 heteroatoms. The molecule has 0 bridgehead atoms. The van der Waals surface area contributed by atoms with Crippen molar-refractivity contribution in [1.29, 1.82) is 0 Å². The molecule has 0 aliphatic heterocycles. The number of rotatable bonds is 3. The number of hydrogen-bond donors (Lipinski definition) is 2. The lowest BCUT2D eigenvalue weighted by Crippen LogP contribution is -2.12. The lowest BCUT2D eigenvalue weighted by atomic mass is 10.0. The van der Waals surface area contributed by atoms with Gasteiger partial charge in [-0.2, -0.15) is 0 Å². The van der Waals surface area contributed by atoms with Gasteiger partial charge in [0.05, 0.1) is 12.7 Å². The number of carbonyl (C=O) groups excluding carboxylic acids is 1. The minimum Gasteiger partial charge on any atom is -0.504 e. The molecule has 0 unspecified atom stereocenters. The third-order valence-corrected chi connectivity index (χ3v) is 3.46. The van der Waals surface area contributed by atoms with E-state index < -0.39 is 0 Å². The molecule has 3 rings (SSSR count). The molecule has 0 saturated carbocycles. The second kappa shape index (κ2) is 5.77. The van der Waals surface area contributed by atoms with Crippen LogP contribution < -0.4 is 10.1 Å². The number of methoxy groups -OCH3 is 1. The molecular weight excluding hydrogens is 278 g/mol. The van der Waals surface area contributed by atoms with Gasteiger partial charge in [0.2, 0.25) is 0 Å². The summed E-state index contributed by atoms with van der Waals surface area (Å²) in [6.07, 6.45) is 0. The van der Waals surface area contributed by atoms with E-state index in [9.17, 15) is 9.90 Å². The van der Waals surface area contributed by atoms with Crippen molar-refractivity contribution in [3.63, 3.8) is 0 Å². The van der Waals surface area contributed by atoms with Crippen LogP contribution in [0.4, 0.5) is 5.69 Å². The third kappa shape index (κ3) is 2.46. The van der Waals surface area contributed by atoms with Gasteiger partial charge >= 0.3 is 0 Å². The zero-order valence-electron chi connectivity index (χ0n) is 12.0. The first-order valence-corrected chi connectivity index (χ1v) is 6.86. The quantitative estimate of drug-likeness (QED) is 0.772. The van der Waals surface area contributed by atoms with Crippen LogP contribution in [0.5, 0.6) is 11.5 Å². The molecule has 2 N–H and O–H groups in total. The maximum Gasteiger partial charge on any atom is 0.259 e. The van der Waals surface area contributed by atoms with E-state index in [2.05, 4.69) is 5.32 Å². The van der Waals surface area contributed by atoms with E-state index in [-0.39, 0.29) is 17.2 Å². The first kappa shape index (κ1) is 13.9. The SMILES string of the molecule is COc1c(O)c(C(=O)Nc2ccccc2)cc2ccccc12. The Morgan fingerprint density at radius 1 is 1.05 bits per heavy atom. The molecule has 110 valence electrons. The zero-order chi connectivity index (χ0) is 15.5. The Morgan fingerprint density at radius 2 is 1.73 bits per heavy atom. The second-order valence-corrected chi connectivity index (χ2v) is 4.85. The van der Waals surface area contributed by atoms with Crippen molar-refractivity contribution in [1.82, 2.24) is 0 Å². The topological polar surface area (TPSA) is 58.6 Å². The molecule has 22 heavy (non-hydrogen) atoms. The number of amides is 1. The largest absolute Gasteiger partial charge is 0.504 e. The van der Waals surface area contributed by atoms with Gasteiger partial charge in [0.1, 0.15) is 0 Å². The maximum absolute atomic E-state index is 12.4. The Hall–Kier alpha value is -3.01. The molecule has 0 aliphatic carbocycles. The standard InChI is InChI=1S/C18H15NO3/c1-22-17-14-10-6-5-7-12(14)11-15(16(17)20)18(21)19-13-8-3-2-4-9-13/h2-11,20H,1H3,(H,19,21). The number of para-hydroxylation sites is 1. The van der Waals surface area contributed by atoms with Crippen LogP contribution in [0.3, 0.4) is 0 Å². The molecule has 3 aromatic carbocycles. The highest BCUT2D eigenvalue weighted by Gasteiger charge is 2.18. The summed E-state index contributed by atoms with van der Waals surface area (Å²) < 4.78 is 5.27. The normalized spacial score (nSPS) is 10.4. The van der Waals surface area contributed by atoms with Crippen LogP contribution >= 0.6 is 0 Å². The van der Waals surface area contributed by atoms with E-state index in [1.165, 1.54) is 7.11 Å². The Balaban J connectivity index is 2.07. The van der Waals surface area contributed by atoms with Crippen molar-refractivity contribution in [2.75, 3.05) is 12.4 Å². The fourth-order valence-corrected chi connectivity index (χ4v) is 2.40. The third-order valence-electron chi connectivity index (χ3n) is 3.46. The molecule has 0 radical (unpaired) electrons. The number of hydrogen-bond acceptors (Lipinski definition) is 3. The number of ether oxygens (including phenoxy) is 1. The Morgan fingerprint density at radius 3 is 2.45 bits per heavy atom. The number of benzene rings is 3. The predicted octanol–water partition coefficient (Wildman–Crippen LogP) is 3.81. The summed E-state index contributed by atoms with van der Waals surface area (Å²) in [4.78, 5) is 12.4. The molecule has 0 spiro atoms. The smallest absolute Gasteiger partial charge is 0.259 e. The van der Waals surface area contributed by atoms with E-state index in [0.717, 1.165) is 10.8 Å². The van der Waals surface area contributed by atoms with Crippen molar-refractivity contribution < 1.29 is 14.6 Å². The Labute approximate surface area is 128 Å². The maximum atomic E-state index is 12.4. The summed E-state index contributed by atoms with van der Waals surface area (Å²) in [5.74, 6) is -0.237. The Bertz CT molecular complexity index is 828. The Kier molecular flexibility index (Phi) is 3.66.